The zero-order valence-electron chi connectivity index (χ0n) is 11.1. The second-order valence-electron chi connectivity index (χ2n) is 4.87. The van der Waals surface area contributed by atoms with Gasteiger partial charge in [-0.05, 0) is 41.4 Å². The molecular formula is C13H20BrN3OS. The Morgan fingerprint density at radius 1 is 1.74 bits per heavy atom. The van der Waals surface area contributed by atoms with Gasteiger partial charge in [-0.2, -0.15) is 0 Å². The van der Waals surface area contributed by atoms with E-state index in [0.717, 1.165) is 30.4 Å². The van der Waals surface area contributed by atoms with Crippen LogP contribution in [0, 0.1) is 5.92 Å². The smallest absolute Gasteiger partial charge is 0.224 e. The van der Waals surface area contributed by atoms with E-state index < -0.39 is 0 Å². The van der Waals surface area contributed by atoms with Crippen molar-refractivity contribution in [1.29, 1.82) is 0 Å². The van der Waals surface area contributed by atoms with Crippen molar-refractivity contribution >= 4 is 33.2 Å². The van der Waals surface area contributed by atoms with Crippen molar-refractivity contribution in [3.8, 4) is 0 Å². The minimum atomic E-state index is 0.0937. The van der Waals surface area contributed by atoms with Crippen LogP contribution in [0.2, 0.25) is 0 Å². The molecule has 2 unspecified atom stereocenters. The summed E-state index contributed by atoms with van der Waals surface area (Å²) in [6, 6.07) is 2.36. The summed E-state index contributed by atoms with van der Waals surface area (Å²) in [5, 5.41) is 4.84. The predicted octanol–water partition coefficient (Wildman–Crippen LogP) is 1.97. The molecule has 0 spiro atoms. The van der Waals surface area contributed by atoms with Gasteiger partial charge in [-0.25, -0.2) is 0 Å². The van der Waals surface area contributed by atoms with Crippen molar-refractivity contribution in [2.24, 2.45) is 11.7 Å². The van der Waals surface area contributed by atoms with E-state index in [1.54, 1.807) is 18.4 Å². The molecule has 1 aliphatic heterocycles. The van der Waals surface area contributed by atoms with Crippen molar-refractivity contribution in [3.05, 3.63) is 20.8 Å². The Morgan fingerprint density at radius 2 is 2.53 bits per heavy atom. The number of nitrogens with one attached hydrogen (secondary N) is 1. The third-order valence-corrected chi connectivity index (χ3v) is 5.44. The molecule has 0 aliphatic carbocycles. The van der Waals surface area contributed by atoms with Crippen LogP contribution >= 0.6 is 27.3 Å². The lowest BCUT2D eigenvalue weighted by Crippen LogP contribution is -2.45. The van der Waals surface area contributed by atoms with Gasteiger partial charge in [0.1, 0.15) is 0 Å². The van der Waals surface area contributed by atoms with Crippen LogP contribution < -0.4 is 11.1 Å². The normalized spacial score (nSPS) is 22.2. The molecule has 0 radical (unpaired) electrons. The molecule has 0 aromatic carbocycles. The van der Waals surface area contributed by atoms with Gasteiger partial charge < -0.3 is 11.1 Å². The summed E-state index contributed by atoms with van der Waals surface area (Å²) < 4.78 is 1.10. The average molecular weight is 346 g/mol. The molecule has 2 rings (SSSR count). The largest absolute Gasteiger partial charge is 0.359 e. The molecule has 1 saturated heterocycles. The molecule has 1 amide bonds. The highest BCUT2D eigenvalue weighted by Crippen LogP contribution is 2.31. The highest BCUT2D eigenvalue weighted by molar-refractivity contribution is 9.10. The van der Waals surface area contributed by atoms with Gasteiger partial charge in [-0.3, -0.25) is 9.69 Å². The first-order chi connectivity index (χ1) is 9.15. The molecule has 4 nitrogen and oxygen atoms in total. The van der Waals surface area contributed by atoms with Crippen LogP contribution in [-0.4, -0.2) is 37.5 Å². The number of thiophene rings is 1. The van der Waals surface area contributed by atoms with Gasteiger partial charge in [0.25, 0.3) is 0 Å². The van der Waals surface area contributed by atoms with E-state index in [-0.39, 0.29) is 17.9 Å². The van der Waals surface area contributed by atoms with E-state index in [4.69, 9.17) is 5.73 Å². The minimum absolute atomic E-state index is 0.0937. The Kier molecular flexibility index (Phi) is 5.38. The van der Waals surface area contributed by atoms with E-state index in [1.807, 2.05) is 0 Å². The van der Waals surface area contributed by atoms with Gasteiger partial charge in [0.2, 0.25) is 5.91 Å². The monoisotopic (exact) mass is 345 g/mol. The van der Waals surface area contributed by atoms with Crippen molar-refractivity contribution < 1.29 is 4.79 Å². The van der Waals surface area contributed by atoms with Crippen LogP contribution in [0.15, 0.2) is 15.9 Å². The summed E-state index contributed by atoms with van der Waals surface area (Å²) in [6.45, 7) is 2.41. The maximum atomic E-state index is 11.8. The number of hydrogen-bond donors (Lipinski definition) is 2. The van der Waals surface area contributed by atoms with E-state index in [0.29, 0.717) is 6.54 Å². The third-order valence-electron chi connectivity index (χ3n) is 3.65. The molecule has 1 aromatic rings. The second-order valence-corrected chi connectivity index (χ2v) is 6.73. The molecular weight excluding hydrogens is 326 g/mol. The molecule has 0 bridgehead atoms. The lowest BCUT2D eigenvalue weighted by Gasteiger charge is -2.36. The zero-order chi connectivity index (χ0) is 13.8. The summed E-state index contributed by atoms with van der Waals surface area (Å²) in [7, 11) is 1.71. The van der Waals surface area contributed by atoms with Gasteiger partial charge in [-0.1, -0.05) is 0 Å². The minimum Gasteiger partial charge on any atom is -0.359 e. The molecule has 1 fully saturated rings. The Bertz CT molecular complexity index is 437. The Morgan fingerprint density at radius 3 is 3.11 bits per heavy atom. The summed E-state index contributed by atoms with van der Waals surface area (Å²) in [4.78, 5) is 15.4. The maximum absolute atomic E-state index is 11.8. The van der Waals surface area contributed by atoms with Crippen LogP contribution in [-0.2, 0) is 4.79 Å². The first-order valence-corrected chi connectivity index (χ1v) is 8.22. The molecule has 2 heterocycles. The Hall–Kier alpha value is -0.430. The number of hydrogen-bond acceptors (Lipinski definition) is 4. The number of likely N-dealkylation sites (tertiary alicyclic amines) is 1. The number of amides is 1. The van der Waals surface area contributed by atoms with Crippen molar-refractivity contribution in [2.75, 3.05) is 26.7 Å². The SMILES string of the molecule is CNC(=O)C1CCCN(C(CN)c2cc(Br)cs2)C1. The van der Waals surface area contributed by atoms with Gasteiger partial charge in [0, 0.05) is 34.9 Å². The van der Waals surface area contributed by atoms with E-state index in [2.05, 4.69) is 37.6 Å². The number of carbonyl (C=O) groups excluding carboxylic acids is 1. The first kappa shape index (κ1) is 15.0. The van der Waals surface area contributed by atoms with Crippen molar-refractivity contribution in [3.63, 3.8) is 0 Å². The molecule has 106 valence electrons. The van der Waals surface area contributed by atoms with Crippen LogP contribution in [0.25, 0.3) is 0 Å². The molecule has 19 heavy (non-hydrogen) atoms. The summed E-state index contributed by atoms with van der Waals surface area (Å²) in [6.07, 6.45) is 2.03. The topological polar surface area (TPSA) is 58.4 Å². The Labute approximate surface area is 126 Å². The van der Waals surface area contributed by atoms with Crippen LogP contribution in [0.4, 0.5) is 0 Å². The molecule has 1 aromatic heterocycles. The van der Waals surface area contributed by atoms with Crippen LogP contribution in [0.3, 0.4) is 0 Å². The summed E-state index contributed by atoms with van der Waals surface area (Å²) in [5.74, 6) is 0.240. The molecule has 6 heteroatoms. The number of nitrogens with two attached hydrogens (primary N) is 1. The second kappa shape index (κ2) is 6.83. The fourth-order valence-electron chi connectivity index (χ4n) is 2.66. The van der Waals surface area contributed by atoms with Gasteiger partial charge in [0.15, 0.2) is 0 Å². The van der Waals surface area contributed by atoms with Crippen LogP contribution in [0.1, 0.15) is 23.8 Å². The molecule has 1 aliphatic rings. The Balaban J connectivity index is 2.08. The van der Waals surface area contributed by atoms with Crippen LogP contribution in [0.5, 0.6) is 0 Å². The van der Waals surface area contributed by atoms with Gasteiger partial charge in [0.05, 0.1) is 12.0 Å². The van der Waals surface area contributed by atoms with Gasteiger partial charge >= 0.3 is 0 Å². The number of rotatable bonds is 4. The lowest BCUT2D eigenvalue weighted by molar-refractivity contribution is -0.126. The highest BCUT2D eigenvalue weighted by atomic mass is 79.9. The molecule has 3 N–H and O–H groups in total. The number of halogens is 1. The van der Waals surface area contributed by atoms with Gasteiger partial charge in [-0.15, -0.1) is 11.3 Å². The predicted molar refractivity (Wildman–Crippen MR) is 82.2 cm³/mol. The molecule has 2 atom stereocenters. The fraction of sp³-hybridized carbons (Fsp3) is 0.615. The lowest BCUT2D eigenvalue weighted by atomic mass is 9.95. The van der Waals surface area contributed by atoms with E-state index >= 15 is 0 Å². The standard InChI is InChI=1S/C13H20BrN3OS/c1-16-13(18)9-3-2-4-17(7-9)11(6-15)12-5-10(14)8-19-12/h5,8-9,11H,2-4,6-7,15H2,1H3,(H,16,18). The zero-order valence-corrected chi connectivity index (χ0v) is 13.5. The maximum Gasteiger partial charge on any atom is 0.224 e. The van der Waals surface area contributed by atoms with E-state index in [9.17, 15) is 4.79 Å². The van der Waals surface area contributed by atoms with E-state index in [1.165, 1.54) is 4.88 Å². The van der Waals surface area contributed by atoms with Crippen molar-refractivity contribution in [2.45, 2.75) is 18.9 Å². The molecule has 0 saturated carbocycles. The number of carbonyl (C=O) groups is 1. The quantitative estimate of drug-likeness (QED) is 0.876. The van der Waals surface area contributed by atoms with Crippen molar-refractivity contribution in [1.82, 2.24) is 10.2 Å². The number of nitrogens with zero attached hydrogens (tertiary/aromatic N) is 1. The average Bonchev–Trinajstić information content (AvgIpc) is 2.85. The summed E-state index contributed by atoms with van der Waals surface area (Å²) in [5.41, 5.74) is 5.95. The summed E-state index contributed by atoms with van der Waals surface area (Å²) >= 11 is 5.21. The fourth-order valence-corrected chi connectivity index (χ4v) is 4.25. The number of piperidine rings is 1. The highest BCUT2D eigenvalue weighted by Gasteiger charge is 2.30. The first-order valence-electron chi connectivity index (χ1n) is 6.55. The third kappa shape index (κ3) is 3.56.